The van der Waals surface area contributed by atoms with E-state index < -0.39 is 0 Å². The van der Waals surface area contributed by atoms with Crippen molar-refractivity contribution in [1.29, 1.82) is 0 Å². The predicted molar refractivity (Wildman–Crippen MR) is 122 cm³/mol. The number of halogens is 1. The Morgan fingerprint density at radius 2 is 1.97 bits per heavy atom. The Hall–Kier alpha value is -2.87. The van der Waals surface area contributed by atoms with Crippen LogP contribution >= 0.6 is 15.9 Å². The second-order valence-electron chi connectivity index (χ2n) is 8.30. The van der Waals surface area contributed by atoms with E-state index in [4.69, 9.17) is 0 Å². The molecule has 1 aliphatic carbocycles. The maximum atomic E-state index is 13.7. The van der Waals surface area contributed by atoms with Crippen LogP contribution in [-0.4, -0.2) is 49.4 Å². The normalized spacial score (nSPS) is 22.4. The number of nitrogens with one attached hydrogen (secondary N) is 1. The topological polar surface area (TPSA) is 83.9 Å². The van der Waals surface area contributed by atoms with Gasteiger partial charge in [-0.05, 0) is 77.9 Å². The molecule has 0 radical (unpaired) electrons. The summed E-state index contributed by atoms with van der Waals surface area (Å²) in [7, 11) is 0. The van der Waals surface area contributed by atoms with Crippen LogP contribution in [0.15, 0.2) is 53.5 Å². The zero-order valence-electron chi connectivity index (χ0n) is 17.2. The van der Waals surface area contributed by atoms with Crippen LogP contribution in [-0.2, 0) is 0 Å². The lowest BCUT2D eigenvalue weighted by Gasteiger charge is -2.50. The van der Waals surface area contributed by atoms with Gasteiger partial charge in [-0.3, -0.25) is 9.78 Å². The van der Waals surface area contributed by atoms with E-state index in [1.54, 1.807) is 30.9 Å². The highest BCUT2D eigenvalue weighted by Gasteiger charge is 2.44. The largest absolute Gasteiger partial charge is 0.365 e. The minimum absolute atomic E-state index is 0.0487. The number of piperidine rings is 2. The molecule has 1 amide bonds. The molecule has 3 aromatic heterocycles. The van der Waals surface area contributed by atoms with Crippen LogP contribution in [0.5, 0.6) is 0 Å². The fraction of sp³-hybridized carbons (Fsp3) is 0.348. The third kappa shape index (κ3) is 4.04. The van der Waals surface area contributed by atoms with Gasteiger partial charge in [-0.15, -0.1) is 0 Å². The van der Waals surface area contributed by atoms with Crippen molar-refractivity contribution >= 4 is 27.7 Å². The Bertz CT molecular complexity index is 1090. The Morgan fingerprint density at radius 1 is 1.13 bits per heavy atom. The Kier molecular flexibility index (Phi) is 5.40. The van der Waals surface area contributed by atoms with Crippen molar-refractivity contribution in [1.82, 2.24) is 24.8 Å². The monoisotopic (exact) mass is 478 g/mol. The molecule has 3 atom stereocenters. The third-order valence-corrected chi connectivity index (χ3v) is 6.60. The Morgan fingerprint density at radius 3 is 2.71 bits per heavy atom. The fourth-order valence-corrected chi connectivity index (χ4v) is 4.95. The Balaban J connectivity index is 1.44. The number of aromatic nitrogens is 4. The molecule has 1 saturated carbocycles. The van der Waals surface area contributed by atoms with Gasteiger partial charge in [-0.2, -0.15) is 0 Å². The van der Waals surface area contributed by atoms with E-state index in [1.165, 1.54) is 0 Å². The van der Waals surface area contributed by atoms with E-state index in [0.29, 0.717) is 23.0 Å². The minimum atomic E-state index is -0.0487. The summed E-state index contributed by atoms with van der Waals surface area (Å²) < 4.78 is 0.945. The summed E-state index contributed by atoms with van der Waals surface area (Å²) in [5, 5.41) is 3.56. The molecular formula is C23H23BrN6O. The molecule has 8 heteroatoms. The number of amides is 1. The van der Waals surface area contributed by atoms with E-state index >= 15 is 0 Å². The average molecular weight is 479 g/mol. The summed E-state index contributed by atoms with van der Waals surface area (Å²) in [4.78, 5) is 33.4. The number of carbonyl (C=O) groups excluding carboxylic acids is 1. The average Bonchev–Trinajstić information content (AvgIpc) is 2.81. The zero-order chi connectivity index (χ0) is 21.4. The molecule has 5 heterocycles. The number of pyridine rings is 2. The standard InChI is InChI=1S/C23H23BrN6O/c1-14-9-17(22-25-7-2-8-26-22)21(28-11-14)23(31)30-13-15-3-5-19(30)18(10-15)29-20-6-4-16(24)12-27-20/h2,4,6-9,11-12,15,18-19H,3,5,10,13H2,1H3,(H,27,29)/t15-,18-,19+/m1/s1. The SMILES string of the molecule is Cc1cnc(C(=O)N2C[C@@H]3CC[C@H]2[C@H](Nc2ccc(Br)cn2)C3)c(-c2ncccn2)c1. The molecule has 31 heavy (non-hydrogen) atoms. The summed E-state index contributed by atoms with van der Waals surface area (Å²) in [5.74, 6) is 1.79. The van der Waals surface area contributed by atoms with Gasteiger partial charge in [0.15, 0.2) is 5.82 Å². The van der Waals surface area contributed by atoms with Crippen molar-refractivity contribution in [2.45, 2.75) is 38.3 Å². The van der Waals surface area contributed by atoms with Crippen LogP contribution in [0, 0.1) is 12.8 Å². The summed E-state index contributed by atoms with van der Waals surface area (Å²) >= 11 is 3.43. The number of rotatable bonds is 4. The van der Waals surface area contributed by atoms with Crippen molar-refractivity contribution in [3.63, 3.8) is 0 Å². The molecule has 158 valence electrons. The molecule has 0 unspecified atom stereocenters. The van der Waals surface area contributed by atoms with E-state index in [-0.39, 0.29) is 18.0 Å². The maximum absolute atomic E-state index is 13.7. The second kappa shape index (κ2) is 8.34. The predicted octanol–water partition coefficient (Wildman–Crippen LogP) is 4.11. The van der Waals surface area contributed by atoms with Crippen molar-refractivity contribution in [3.05, 3.63) is 64.8 Å². The van der Waals surface area contributed by atoms with Crippen LogP contribution in [0.1, 0.15) is 35.3 Å². The molecule has 0 aromatic carbocycles. The quantitative estimate of drug-likeness (QED) is 0.607. The zero-order valence-corrected chi connectivity index (χ0v) is 18.8. The first kappa shape index (κ1) is 20.1. The molecular weight excluding hydrogens is 456 g/mol. The van der Waals surface area contributed by atoms with E-state index in [1.807, 2.05) is 30.0 Å². The number of anilines is 1. The van der Waals surface area contributed by atoms with Crippen LogP contribution in [0.3, 0.4) is 0 Å². The number of hydrogen-bond acceptors (Lipinski definition) is 6. The molecule has 2 bridgehead atoms. The van der Waals surface area contributed by atoms with E-state index in [0.717, 1.165) is 41.7 Å². The summed E-state index contributed by atoms with van der Waals surface area (Å²) in [6.45, 7) is 2.72. The molecule has 2 aliphatic heterocycles. The molecule has 7 nitrogen and oxygen atoms in total. The van der Waals surface area contributed by atoms with Crippen molar-refractivity contribution in [2.75, 3.05) is 11.9 Å². The molecule has 3 aliphatic rings. The van der Waals surface area contributed by atoms with E-state index in [9.17, 15) is 4.79 Å². The molecule has 3 aromatic rings. The summed E-state index contributed by atoms with van der Waals surface area (Å²) in [5.41, 5.74) is 2.08. The van der Waals surface area contributed by atoms with Crippen molar-refractivity contribution in [2.24, 2.45) is 5.92 Å². The lowest BCUT2D eigenvalue weighted by molar-refractivity contribution is 0.0277. The van der Waals surface area contributed by atoms with Crippen molar-refractivity contribution in [3.8, 4) is 11.4 Å². The number of hydrogen-bond donors (Lipinski definition) is 1. The van der Waals surface area contributed by atoms with Gasteiger partial charge in [0.1, 0.15) is 11.5 Å². The molecule has 2 saturated heterocycles. The van der Waals surface area contributed by atoms with Crippen LogP contribution in [0.2, 0.25) is 0 Å². The molecule has 3 fully saturated rings. The third-order valence-electron chi connectivity index (χ3n) is 6.13. The highest BCUT2D eigenvalue weighted by Crippen LogP contribution is 2.38. The van der Waals surface area contributed by atoms with Gasteiger partial charge in [-0.25, -0.2) is 15.0 Å². The van der Waals surface area contributed by atoms with Crippen LogP contribution < -0.4 is 5.32 Å². The van der Waals surface area contributed by atoms with Crippen molar-refractivity contribution < 1.29 is 4.79 Å². The van der Waals surface area contributed by atoms with Gasteiger partial charge in [0.2, 0.25) is 0 Å². The lowest BCUT2D eigenvalue weighted by atomic mass is 9.76. The summed E-state index contributed by atoms with van der Waals surface area (Å²) in [6.07, 6.45) is 10.1. The van der Waals surface area contributed by atoms with Gasteiger partial charge in [0, 0.05) is 41.8 Å². The molecule has 0 spiro atoms. The van der Waals surface area contributed by atoms with Gasteiger partial charge in [0.25, 0.3) is 5.91 Å². The number of aryl methyl sites for hydroxylation is 1. The van der Waals surface area contributed by atoms with Gasteiger partial charge < -0.3 is 10.2 Å². The highest BCUT2D eigenvalue weighted by molar-refractivity contribution is 9.10. The minimum Gasteiger partial charge on any atom is -0.365 e. The number of fused-ring (bicyclic) bond motifs is 3. The first-order valence-corrected chi connectivity index (χ1v) is 11.3. The van der Waals surface area contributed by atoms with Gasteiger partial charge in [0.05, 0.1) is 11.6 Å². The van der Waals surface area contributed by atoms with Gasteiger partial charge >= 0.3 is 0 Å². The maximum Gasteiger partial charge on any atom is 0.273 e. The highest BCUT2D eigenvalue weighted by atomic mass is 79.9. The first-order chi connectivity index (χ1) is 15.1. The lowest BCUT2D eigenvalue weighted by Crippen LogP contribution is -2.60. The molecule has 1 N–H and O–H groups in total. The smallest absolute Gasteiger partial charge is 0.273 e. The van der Waals surface area contributed by atoms with Gasteiger partial charge in [-0.1, -0.05) is 0 Å². The molecule has 6 rings (SSSR count). The fourth-order valence-electron chi connectivity index (χ4n) is 4.72. The Labute approximate surface area is 189 Å². The van der Waals surface area contributed by atoms with E-state index in [2.05, 4.69) is 41.2 Å². The van der Waals surface area contributed by atoms with Crippen LogP contribution in [0.25, 0.3) is 11.4 Å². The first-order valence-electron chi connectivity index (χ1n) is 10.5. The second-order valence-corrected chi connectivity index (χ2v) is 9.21. The summed E-state index contributed by atoms with van der Waals surface area (Å²) in [6, 6.07) is 7.93. The number of carbonyl (C=O) groups is 1. The van der Waals surface area contributed by atoms with Crippen LogP contribution in [0.4, 0.5) is 5.82 Å². The number of nitrogens with zero attached hydrogens (tertiary/aromatic N) is 5.